The molecule has 0 radical (unpaired) electrons. The first-order chi connectivity index (χ1) is 11.5. The van der Waals surface area contributed by atoms with Gasteiger partial charge < -0.3 is 20.1 Å². The molecule has 0 aliphatic rings. The molecule has 128 valence electrons. The Balaban J connectivity index is 2.14. The van der Waals surface area contributed by atoms with E-state index in [2.05, 4.69) is 0 Å². The zero-order valence-electron chi connectivity index (χ0n) is 14.0. The molecule has 0 heterocycles. The number of ether oxygens (including phenoxy) is 2. The predicted molar refractivity (Wildman–Crippen MR) is 96.1 cm³/mol. The van der Waals surface area contributed by atoms with Crippen LogP contribution < -0.4 is 15.2 Å². The summed E-state index contributed by atoms with van der Waals surface area (Å²) in [5, 5.41) is 0.331. The van der Waals surface area contributed by atoms with Crippen LogP contribution in [-0.4, -0.2) is 38.6 Å². The fourth-order valence-corrected chi connectivity index (χ4v) is 2.57. The van der Waals surface area contributed by atoms with Crippen molar-refractivity contribution in [2.45, 2.75) is 6.42 Å². The third-order valence-corrected chi connectivity index (χ3v) is 4.13. The van der Waals surface area contributed by atoms with E-state index in [9.17, 15) is 4.79 Å². The monoisotopic (exact) mass is 348 g/mol. The highest BCUT2D eigenvalue weighted by molar-refractivity contribution is 6.33. The lowest BCUT2D eigenvalue weighted by molar-refractivity contribution is 0.0793. The molecule has 2 aromatic rings. The first kappa shape index (κ1) is 17.9. The molecule has 0 fully saturated rings. The van der Waals surface area contributed by atoms with Crippen LogP contribution in [0.15, 0.2) is 36.4 Å². The highest BCUT2D eigenvalue weighted by atomic mass is 35.5. The lowest BCUT2D eigenvalue weighted by Gasteiger charge is -2.20. The zero-order chi connectivity index (χ0) is 17.7. The zero-order valence-corrected chi connectivity index (χ0v) is 14.8. The molecule has 2 aromatic carbocycles. The number of carbonyl (C=O) groups excluding carboxylic acids is 1. The van der Waals surface area contributed by atoms with E-state index >= 15 is 0 Å². The Hall–Kier alpha value is -2.40. The molecule has 0 unspecified atom stereocenters. The van der Waals surface area contributed by atoms with Crippen LogP contribution in [0.3, 0.4) is 0 Å². The molecule has 24 heavy (non-hydrogen) atoms. The Morgan fingerprint density at radius 2 is 1.83 bits per heavy atom. The standard InChI is InChI=1S/C18H21ClN2O3/c1-21(9-8-12-6-4-5-7-16(12)23-2)18(22)13-10-14(19)15(20)11-17(13)24-3/h4-7,10-11H,8-9,20H2,1-3H3. The van der Waals surface area contributed by atoms with Crippen LogP contribution in [0, 0.1) is 0 Å². The summed E-state index contributed by atoms with van der Waals surface area (Å²) in [6.45, 7) is 0.532. The van der Waals surface area contributed by atoms with Gasteiger partial charge in [-0.05, 0) is 24.1 Å². The Bertz CT molecular complexity index is 734. The Kier molecular flexibility index (Phi) is 5.93. The minimum atomic E-state index is -0.177. The van der Waals surface area contributed by atoms with E-state index in [1.165, 1.54) is 13.2 Å². The summed E-state index contributed by atoms with van der Waals surface area (Å²) in [6.07, 6.45) is 0.678. The van der Waals surface area contributed by atoms with Gasteiger partial charge in [-0.15, -0.1) is 0 Å². The maximum atomic E-state index is 12.7. The van der Waals surface area contributed by atoms with Crippen molar-refractivity contribution in [2.24, 2.45) is 0 Å². The van der Waals surface area contributed by atoms with Gasteiger partial charge in [0.2, 0.25) is 0 Å². The van der Waals surface area contributed by atoms with E-state index in [1.807, 2.05) is 24.3 Å². The number of anilines is 1. The Morgan fingerprint density at radius 1 is 1.17 bits per heavy atom. The quantitative estimate of drug-likeness (QED) is 0.814. The molecule has 0 aliphatic heterocycles. The summed E-state index contributed by atoms with van der Waals surface area (Å²) in [4.78, 5) is 14.3. The number of halogens is 1. The van der Waals surface area contributed by atoms with Gasteiger partial charge in [-0.1, -0.05) is 29.8 Å². The molecular formula is C18H21ClN2O3. The SMILES string of the molecule is COc1ccccc1CCN(C)C(=O)c1cc(Cl)c(N)cc1OC. The molecule has 2 rings (SSSR count). The lowest BCUT2D eigenvalue weighted by Crippen LogP contribution is -2.29. The molecule has 0 saturated heterocycles. The molecule has 2 N–H and O–H groups in total. The Morgan fingerprint density at radius 3 is 2.50 bits per heavy atom. The summed E-state index contributed by atoms with van der Waals surface area (Å²) in [6, 6.07) is 10.8. The van der Waals surface area contributed by atoms with E-state index < -0.39 is 0 Å². The summed E-state index contributed by atoms with van der Waals surface area (Å²) in [7, 11) is 4.87. The average Bonchev–Trinajstić information content (AvgIpc) is 2.61. The number of rotatable bonds is 6. The maximum Gasteiger partial charge on any atom is 0.257 e. The molecule has 0 bridgehead atoms. The molecular weight excluding hydrogens is 328 g/mol. The predicted octanol–water partition coefficient (Wildman–Crippen LogP) is 3.25. The number of nitrogens with zero attached hydrogens (tertiary/aromatic N) is 1. The van der Waals surface area contributed by atoms with E-state index in [0.29, 0.717) is 35.0 Å². The smallest absolute Gasteiger partial charge is 0.257 e. The van der Waals surface area contributed by atoms with E-state index in [0.717, 1.165) is 11.3 Å². The number of benzene rings is 2. The van der Waals surface area contributed by atoms with Crippen molar-refractivity contribution in [1.29, 1.82) is 0 Å². The van der Waals surface area contributed by atoms with Gasteiger partial charge in [0.25, 0.3) is 5.91 Å². The molecule has 6 heteroatoms. The van der Waals surface area contributed by atoms with Crippen LogP contribution in [-0.2, 0) is 6.42 Å². The number of para-hydroxylation sites is 1. The number of nitrogens with two attached hydrogens (primary N) is 1. The molecule has 0 aliphatic carbocycles. The Labute approximate surface area is 146 Å². The topological polar surface area (TPSA) is 64.8 Å². The number of hydrogen-bond acceptors (Lipinski definition) is 4. The average molecular weight is 349 g/mol. The van der Waals surface area contributed by atoms with Crippen LogP contribution >= 0.6 is 11.6 Å². The van der Waals surface area contributed by atoms with Gasteiger partial charge in [0, 0.05) is 19.7 Å². The van der Waals surface area contributed by atoms with Crippen LogP contribution in [0.1, 0.15) is 15.9 Å². The lowest BCUT2D eigenvalue weighted by atomic mass is 10.1. The number of carbonyl (C=O) groups is 1. The second kappa shape index (κ2) is 7.93. The largest absolute Gasteiger partial charge is 0.496 e. The first-order valence-corrected chi connectivity index (χ1v) is 7.86. The van der Waals surface area contributed by atoms with Crippen molar-refractivity contribution in [2.75, 3.05) is 33.5 Å². The van der Waals surface area contributed by atoms with E-state index in [-0.39, 0.29) is 5.91 Å². The molecule has 0 spiro atoms. The van der Waals surface area contributed by atoms with Crippen LogP contribution in [0.2, 0.25) is 5.02 Å². The number of methoxy groups -OCH3 is 2. The highest BCUT2D eigenvalue weighted by Gasteiger charge is 2.19. The van der Waals surface area contributed by atoms with Gasteiger partial charge in [-0.3, -0.25) is 4.79 Å². The van der Waals surface area contributed by atoms with E-state index in [1.54, 1.807) is 25.1 Å². The van der Waals surface area contributed by atoms with Gasteiger partial charge in [-0.2, -0.15) is 0 Å². The van der Waals surface area contributed by atoms with Crippen LogP contribution in [0.4, 0.5) is 5.69 Å². The van der Waals surface area contributed by atoms with Gasteiger partial charge in [0.15, 0.2) is 0 Å². The molecule has 1 amide bonds. The van der Waals surface area contributed by atoms with Crippen molar-refractivity contribution in [3.8, 4) is 11.5 Å². The molecule has 5 nitrogen and oxygen atoms in total. The second-order valence-electron chi connectivity index (χ2n) is 5.36. The van der Waals surface area contributed by atoms with Crippen molar-refractivity contribution in [3.63, 3.8) is 0 Å². The fraction of sp³-hybridized carbons (Fsp3) is 0.278. The number of nitrogen functional groups attached to an aromatic ring is 1. The van der Waals surface area contributed by atoms with Crippen LogP contribution in [0.5, 0.6) is 11.5 Å². The van der Waals surface area contributed by atoms with Gasteiger partial charge in [0.05, 0.1) is 30.5 Å². The van der Waals surface area contributed by atoms with Crippen LogP contribution in [0.25, 0.3) is 0 Å². The second-order valence-corrected chi connectivity index (χ2v) is 5.77. The fourth-order valence-electron chi connectivity index (χ4n) is 2.41. The van der Waals surface area contributed by atoms with Gasteiger partial charge in [-0.25, -0.2) is 0 Å². The summed E-state index contributed by atoms with van der Waals surface area (Å²) < 4.78 is 10.6. The van der Waals surface area contributed by atoms with Crippen molar-refractivity contribution < 1.29 is 14.3 Å². The normalized spacial score (nSPS) is 10.3. The minimum Gasteiger partial charge on any atom is -0.496 e. The number of amides is 1. The number of likely N-dealkylation sites (N-methyl/N-ethyl adjacent to an activating group) is 1. The third-order valence-electron chi connectivity index (χ3n) is 3.80. The third kappa shape index (κ3) is 3.92. The van der Waals surface area contributed by atoms with Crippen molar-refractivity contribution in [3.05, 3.63) is 52.5 Å². The highest BCUT2D eigenvalue weighted by Crippen LogP contribution is 2.29. The van der Waals surface area contributed by atoms with Crippen molar-refractivity contribution in [1.82, 2.24) is 4.90 Å². The molecule has 0 saturated carbocycles. The van der Waals surface area contributed by atoms with Gasteiger partial charge in [0.1, 0.15) is 11.5 Å². The molecule has 0 atom stereocenters. The summed E-state index contributed by atoms with van der Waals surface area (Å²) in [5.41, 5.74) is 7.57. The maximum absolute atomic E-state index is 12.7. The minimum absolute atomic E-state index is 0.177. The van der Waals surface area contributed by atoms with E-state index in [4.69, 9.17) is 26.8 Å². The summed E-state index contributed by atoms with van der Waals surface area (Å²) in [5.74, 6) is 1.04. The van der Waals surface area contributed by atoms with Gasteiger partial charge >= 0.3 is 0 Å². The molecule has 0 aromatic heterocycles. The van der Waals surface area contributed by atoms with Crippen molar-refractivity contribution >= 4 is 23.2 Å². The first-order valence-electron chi connectivity index (χ1n) is 7.48. The number of hydrogen-bond donors (Lipinski definition) is 1. The summed E-state index contributed by atoms with van der Waals surface area (Å²) >= 11 is 6.04.